The van der Waals surface area contributed by atoms with Gasteiger partial charge in [0.2, 0.25) is 0 Å². The first-order valence-electron chi connectivity index (χ1n) is 36.2. The summed E-state index contributed by atoms with van der Waals surface area (Å²) in [6.45, 7) is 7.21. The van der Waals surface area contributed by atoms with E-state index in [1.54, 1.807) is 0 Å². The van der Waals surface area contributed by atoms with E-state index in [0.29, 0.717) is 25.7 Å². The summed E-state index contributed by atoms with van der Waals surface area (Å²) < 4.78 is 68.0. The second-order valence-corrected chi connectivity index (χ2v) is 28.1. The minimum Gasteiger partial charge on any atom is -0.462 e. The standard InChI is InChI=1S/C69H134O17P2/c1-6-10-13-16-19-20-21-22-23-24-28-31-34-39-43-48-53-67(72)80-59-65(86-69(74)55-50-45-40-35-32-29-26-25-27-30-33-38-41-46-51-62(5)9-4)61-84-88(77,78)82-57-63(70)56-81-87(75,76)83-60-64(85-68(73)54-49-44-37-18-15-12-8-3)58-79-66(71)52-47-42-36-17-14-11-7-2/h62-65,70H,6-61H2,1-5H3,(H,75,76)(H,77,78)/t62?,63-,64+,65+/m0/s1. The molecule has 0 bridgehead atoms. The highest BCUT2D eigenvalue weighted by molar-refractivity contribution is 7.47. The van der Waals surface area contributed by atoms with E-state index in [4.69, 9.17) is 37.0 Å². The highest BCUT2D eigenvalue weighted by atomic mass is 31.2. The number of aliphatic hydroxyl groups is 1. The van der Waals surface area contributed by atoms with Crippen LogP contribution in [0.3, 0.4) is 0 Å². The molecule has 0 aliphatic rings. The van der Waals surface area contributed by atoms with Crippen LogP contribution >= 0.6 is 15.6 Å². The second-order valence-electron chi connectivity index (χ2n) is 25.2. The molecule has 0 aromatic heterocycles. The molecule has 0 aromatic carbocycles. The lowest BCUT2D eigenvalue weighted by Crippen LogP contribution is -2.30. The van der Waals surface area contributed by atoms with E-state index in [1.807, 2.05) is 0 Å². The van der Waals surface area contributed by atoms with Gasteiger partial charge >= 0.3 is 39.5 Å². The summed E-state index contributed by atoms with van der Waals surface area (Å²) in [7, 11) is -9.88. The minimum absolute atomic E-state index is 0.104. The molecule has 0 amide bonds. The third-order valence-corrected chi connectivity index (χ3v) is 18.3. The van der Waals surface area contributed by atoms with Crippen molar-refractivity contribution in [2.75, 3.05) is 39.6 Å². The van der Waals surface area contributed by atoms with Crippen molar-refractivity contribution in [3.63, 3.8) is 0 Å². The smallest absolute Gasteiger partial charge is 0.462 e. The number of aliphatic hydroxyl groups excluding tert-OH is 1. The maximum atomic E-state index is 13.0. The molecule has 0 rings (SSSR count). The topological polar surface area (TPSA) is 237 Å². The summed E-state index contributed by atoms with van der Waals surface area (Å²) in [5.74, 6) is -1.29. The van der Waals surface area contributed by atoms with Crippen molar-refractivity contribution in [3.05, 3.63) is 0 Å². The Bertz CT molecular complexity index is 1710. The van der Waals surface area contributed by atoms with Crippen LogP contribution in [0.25, 0.3) is 0 Å². The summed E-state index contributed by atoms with van der Waals surface area (Å²) in [6.07, 6.45) is 48.8. The molecule has 0 aliphatic carbocycles. The number of phosphoric ester groups is 2. The lowest BCUT2D eigenvalue weighted by molar-refractivity contribution is -0.161. The van der Waals surface area contributed by atoms with Gasteiger partial charge < -0.3 is 33.8 Å². The third kappa shape index (κ3) is 61.6. The molecule has 6 atom stereocenters. The molecule has 0 radical (unpaired) electrons. The van der Waals surface area contributed by atoms with Crippen molar-refractivity contribution in [2.24, 2.45) is 5.92 Å². The zero-order valence-corrected chi connectivity index (χ0v) is 58.6. The summed E-state index contributed by atoms with van der Waals surface area (Å²) >= 11 is 0. The van der Waals surface area contributed by atoms with Crippen LogP contribution in [0.5, 0.6) is 0 Å². The average molecular weight is 1300 g/mol. The fourth-order valence-corrected chi connectivity index (χ4v) is 12.0. The Kier molecular flexibility index (Phi) is 61.1. The summed E-state index contributed by atoms with van der Waals surface area (Å²) in [5, 5.41) is 10.5. The van der Waals surface area contributed by atoms with Crippen LogP contribution in [0.15, 0.2) is 0 Å². The minimum atomic E-state index is -4.95. The maximum Gasteiger partial charge on any atom is 0.472 e. The lowest BCUT2D eigenvalue weighted by Gasteiger charge is -2.21. The Morgan fingerprint density at radius 1 is 0.318 bits per heavy atom. The number of hydrogen-bond acceptors (Lipinski definition) is 15. The largest absolute Gasteiger partial charge is 0.472 e. The summed E-state index contributed by atoms with van der Waals surface area (Å²) in [5.41, 5.74) is 0. The van der Waals surface area contributed by atoms with Gasteiger partial charge in [0.15, 0.2) is 12.2 Å². The average Bonchev–Trinajstić information content (AvgIpc) is 3.70. The molecule has 19 heteroatoms. The van der Waals surface area contributed by atoms with Crippen LogP contribution in [0, 0.1) is 5.92 Å². The molecule has 0 aliphatic heterocycles. The van der Waals surface area contributed by atoms with E-state index in [2.05, 4.69) is 34.6 Å². The van der Waals surface area contributed by atoms with Crippen LogP contribution in [0.1, 0.15) is 356 Å². The van der Waals surface area contributed by atoms with E-state index in [9.17, 15) is 43.2 Å². The Hall–Kier alpha value is -1.94. The normalized spacial score (nSPS) is 14.4. The highest BCUT2D eigenvalue weighted by Gasteiger charge is 2.30. The molecule has 0 aromatic rings. The number of unbranched alkanes of at least 4 members (excludes halogenated alkanes) is 40. The molecule has 88 heavy (non-hydrogen) atoms. The number of esters is 4. The van der Waals surface area contributed by atoms with Crippen molar-refractivity contribution in [2.45, 2.75) is 374 Å². The Labute approximate surface area is 537 Å². The van der Waals surface area contributed by atoms with Gasteiger partial charge in [0.1, 0.15) is 19.3 Å². The second kappa shape index (κ2) is 62.5. The van der Waals surface area contributed by atoms with Crippen molar-refractivity contribution in [3.8, 4) is 0 Å². The molecular formula is C69H134O17P2. The van der Waals surface area contributed by atoms with E-state index < -0.39 is 97.5 Å². The number of carbonyl (C=O) groups is 4. The van der Waals surface area contributed by atoms with Gasteiger partial charge in [-0.05, 0) is 31.6 Å². The fourth-order valence-electron chi connectivity index (χ4n) is 10.4. The van der Waals surface area contributed by atoms with Crippen LogP contribution < -0.4 is 0 Å². The molecule has 0 spiro atoms. The number of rotatable bonds is 69. The fraction of sp³-hybridized carbons (Fsp3) is 0.942. The number of carbonyl (C=O) groups excluding carboxylic acids is 4. The SMILES string of the molecule is CCCCCCCCCCCCCCCCCCC(=O)OC[C@H](COP(=O)(O)OC[C@@H](O)COP(=O)(O)OC[C@@H](COC(=O)CCCCCCCCC)OC(=O)CCCCCCCCC)OC(=O)CCCCCCCCCCCCCCCCC(C)CC. The molecule has 0 fully saturated rings. The maximum absolute atomic E-state index is 13.0. The predicted octanol–water partition coefficient (Wildman–Crippen LogP) is 19.7. The first-order chi connectivity index (χ1) is 42.6. The Morgan fingerprint density at radius 2 is 0.545 bits per heavy atom. The quantitative estimate of drug-likeness (QED) is 0.0222. The molecule has 17 nitrogen and oxygen atoms in total. The van der Waals surface area contributed by atoms with Crippen molar-refractivity contribution >= 4 is 39.5 Å². The van der Waals surface area contributed by atoms with Crippen LogP contribution in [0.2, 0.25) is 0 Å². The van der Waals surface area contributed by atoms with Crippen LogP contribution in [0.4, 0.5) is 0 Å². The van der Waals surface area contributed by atoms with Crippen molar-refractivity contribution in [1.29, 1.82) is 0 Å². The summed E-state index contributed by atoms with van der Waals surface area (Å²) in [4.78, 5) is 72.2. The molecule has 3 unspecified atom stereocenters. The highest BCUT2D eigenvalue weighted by Crippen LogP contribution is 2.45. The van der Waals surface area contributed by atoms with Crippen LogP contribution in [-0.4, -0.2) is 96.7 Å². The van der Waals surface area contributed by atoms with Gasteiger partial charge in [0.25, 0.3) is 0 Å². The molecular weight excluding hydrogens is 1160 g/mol. The molecule has 0 heterocycles. The van der Waals surface area contributed by atoms with E-state index >= 15 is 0 Å². The van der Waals surface area contributed by atoms with Crippen molar-refractivity contribution in [1.82, 2.24) is 0 Å². The van der Waals surface area contributed by atoms with E-state index in [-0.39, 0.29) is 25.7 Å². The first-order valence-corrected chi connectivity index (χ1v) is 39.2. The Balaban J connectivity index is 5.15. The van der Waals surface area contributed by atoms with Gasteiger partial charge in [-0.15, -0.1) is 0 Å². The number of phosphoric acid groups is 2. The van der Waals surface area contributed by atoms with Gasteiger partial charge in [-0.1, -0.05) is 304 Å². The van der Waals surface area contributed by atoms with Gasteiger partial charge in [0, 0.05) is 25.7 Å². The van der Waals surface area contributed by atoms with Crippen molar-refractivity contribution < 1.29 is 80.2 Å². The van der Waals surface area contributed by atoms with Gasteiger partial charge in [-0.25, -0.2) is 9.13 Å². The van der Waals surface area contributed by atoms with Gasteiger partial charge in [-0.3, -0.25) is 37.3 Å². The molecule has 522 valence electrons. The molecule has 0 saturated heterocycles. The number of hydrogen-bond donors (Lipinski definition) is 3. The molecule has 0 saturated carbocycles. The lowest BCUT2D eigenvalue weighted by atomic mass is 9.99. The van der Waals surface area contributed by atoms with E-state index in [1.165, 1.54) is 154 Å². The van der Waals surface area contributed by atoms with Gasteiger partial charge in [-0.2, -0.15) is 0 Å². The Morgan fingerprint density at radius 3 is 0.807 bits per heavy atom. The third-order valence-electron chi connectivity index (χ3n) is 16.4. The zero-order valence-electron chi connectivity index (χ0n) is 56.9. The monoisotopic (exact) mass is 1300 g/mol. The predicted molar refractivity (Wildman–Crippen MR) is 354 cm³/mol. The van der Waals surface area contributed by atoms with Crippen LogP contribution in [-0.2, 0) is 65.4 Å². The number of ether oxygens (including phenoxy) is 4. The van der Waals surface area contributed by atoms with E-state index in [0.717, 1.165) is 121 Å². The van der Waals surface area contributed by atoms with Gasteiger partial charge in [0.05, 0.1) is 26.4 Å². The molecule has 3 N–H and O–H groups in total. The first kappa shape index (κ1) is 86.1. The zero-order chi connectivity index (χ0) is 64.9. The summed E-state index contributed by atoms with van der Waals surface area (Å²) in [6, 6.07) is 0.